The van der Waals surface area contributed by atoms with Gasteiger partial charge in [-0.25, -0.2) is 0 Å². The van der Waals surface area contributed by atoms with Crippen LogP contribution in [0.25, 0.3) is 0 Å². The van der Waals surface area contributed by atoms with Gasteiger partial charge in [-0.2, -0.15) is 0 Å². The monoisotopic (exact) mass is 295 g/mol. The van der Waals surface area contributed by atoms with Crippen molar-refractivity contribution in [2.75, 3.05) is 13.7 Å². The first-order valence-corrected chi connectivity index (χ1v) is 7.15. The van der Waals surface area contributed by atoms with Crippen LogP contribution in [0.3, 0.4) is 0 Å². The maximum atomic E-state index is 12.0. The molecule has 0 bridgehead atoms. The molecule has 1 amide bonds. The van der Waals surface area contributed by atoms with Gasteiger partial charge in [0.2, 0.25) is 0 Å². The number of aliphatic hydroxyl groups excluding tert-OH is 1. The fourth-order valence-electron chi connectivity index (χ4n) is 1.78. The van der Waals surface area contributed by atoms with Gasteiger partial charge in [0, 0.05) is 18.2 Å². The summed E-state index contributed by atoms with van der Waals surface area (Å²) in [7, 11) is 1.56. The summed E-state index contributed by atoms with van der Waals surface area (Å²) < 4.78 is 10.8. The fraction of sp³-hybridized carbons (Fsp3) is 0.562. The van der Waals surface area contributed by atoms with E-state index in [9.17, 15) is 9.90 Å². The Bertz CT molecular complexity index is 471. The quantitative estimate of drug-likeness (QED) is 0.810. The van der Waals surface area contributed by atoms with E-state index in [0.717, 1.165) is 0 Å². The number of nitrogens with one attached hydrogen (secondary N) is 1. The van der Waals surface area contributed by atoms with Crippen LogP contribution in [0.5, 0.6) is 11.5 Å². The molecular formula is C16H25NO4. The predicted octanol–water partition coefficient (Wildman–Crippen LogP) is 2.29. The van der Waals surface area contributed by atoms with Crippen molar-refractivity contribution in [3.63, 3.8) is 0 Å². The van der Waals surface area contributed by atoms with Gasteiger partial charge in [0.15, 0.2) is 6.10 Å². The van der Waals surface area contributed by atoms with Gasteiger partial charge in [-0.15, -0.1) is 0 Å². The number of rotatable bonds is 7. The van der Waals surface area contributed by atoms with Crippen molar-refractivity contribution in [2.24, 2.45) is 5.92 Å². The van der Waals surface area contributed by atoms with Crippen LogP contribution in [0, 0.1) is 5.92 Å². The second-order valence-corrected chi connectivity index (χ2v) is 5.48. The van der Waals surface area contributed by atoms with Crippen LogP contribution in [0.15, 0.2) is 18.2 Å². The zero-order valence-electron chi connectivity index (χ0n) is 13.3. The second-order valence-electron chi connectivity index (χ2n) is 5.48. The summed E-state index contributed by atoms with van der Waals surface area (Å²) in [4.78, 5) is 12.0. The van der Waals surface area contributed by atoms with Gasteiger partial charge in [-0.1, -0.05) is 13.8 Å². The Morgan fingerprint density at radius 3 is 2.48 bits per heavy atom. The maximum Gasteiger partial charge on any atom is 0.260 e. The SMILES string of the molecule is COc1ccc([C@@H](C)O)c(OC(C)C(=O)NCC(C)C)c1. The van der Waals surface area contributed by atoms with E-state index in [4.69, 9.17) is 9.47 Å². The first kappa shape index (κ1) is 17.3. The van der Waals surface area contributed by atoms with Crippen molar-refractivity contribution in [2.45, 2.75) is 39.9 Å². The van der Waals surface area contributed by atoms with Crippen LogP contribution in [0.1, 0.15) is 39.4 Å². The molecule has 0 spiro atoms. The number of carbonyl (C=O) groups excluding carboxylic acids is 1. The van der Waals surface area contributed by atoms with E-state index in [1.807, 2.05) is 13.8 Å². The molecule has 1 aromatic carbocycles. The predicted molar refractivity (Wildman–Crippen MR) is 81.6 cm³/mol. The first-order chi connectivity index (χ1) is 9.85. The number of amides is 1. The minimum absolute atomic E-state index is 0.178. The number of hydrogen-bond acceptors (Lipinski definition) is 4. The zero-order chi connectivity index (χ0) is 16.0. The van der Waals surface area contributed by atoms with E-state index in [1.165, 1.54) is 0 Å². The summed E-state index contributed by atoms with van der Waals surface area (Å²) in [6.07, 6.45) is -1.33. The Morgan fingerprint density at radius 1 is 1.29 bits per heavy atom. The van der Waals surface area contributed by atoms with Crippen LogP contribution in [0.4, 0.5) is 0 Å². The van der Waals surface area contributed by atoms with E-state index < -0.39 is 12.2 Å². The Labute approximate surface area is 126 Å². The van der Waals surface area contributed by atoms with Crippen molar-refractivity contribution in [1.29, 1.82) is 0 Å². The van der Waals surface area contributed by atoms with Gasteiger partial charge >= 0.3 is 0 Å². The van der Waals surface area contributed by atoms with Gasteiger partial charge in [-0.05, 0) is 31.9 Å². The van der Waals surface area contributed by atoms with Crippen LogP contribution in [-0.2, 0) is 4.79 Å². The Kier molecular flexibility index (Phi) is 6.49. The number of benzene rings is 1. The highest BCUT2D eigenvalue weighted by Gasteiger charge is 2.18. The third kappa shape index (κ3) is 5.27. The van der Waals surface area contributed by atoms with Crippen molar-refractivity contribution < 1.29 is 19.4 Å². The Balaban J connectivity index is 2.82. The van der Waals surface area contributed by atoms with Crippen LogP contribution < -0.4 is 14.8 Å². The highest BCUT2D eigenvalue weighted by atomic mass is 16.5. The maximum absolute atomic E-state index is 12.0. The minimum atomic E-state index is -0.683. The fourth-order valence-corrected chi connectivity index (χ4v) is 1.78. The summed E-state index contributed by atoms with van der Waals surface area (Å²) in [6.45, 7) is 7.99. The molecule has 1 aromatic rings. The lowest BCUT2D eigenvalue weighted by Gasteiger charge is -2.19. The molecule has 21 heavy (non-hydrogen) atoms. The van der Waals surface area contributed by atoms with Gasteiger partial charge in [0.25, 0.3) is 5.91 Å². The van der Waals surface area contributed by atoms with Gasteiger partial charge in [0.1, 0.15) is 11.5 Å². The molecule has 0 aromatic heterocycles. The molecule has 0 aliphatic heterocycles. The van der Waals surface area contributed by atoms with Gasteiger partial charge in [0.05, 0.1) is 13.2 Å². The van der Waals surface area contributed by atoms with Gasteiger partial charge < -0.3 is 19.9 Å². The number of carbonyl (C=O) groups is 1. The molecule has 0 heterocycles. The summed E-state index contributed by atoms with van der Waals surface area (Å²) in [6, 6.07) is 5.16. The van der Waals surface area contributed by atoms with Crippen molar-refractivity contribution in [3.8, 4) is 11.5 Å². The molecule has 0 aliphatic rings. The molecule has 1 unspecified atom stereocenters. The summed E-state index contributed by atoms with van der Waals surface area (Å²) in [5.41, 5.74) is 0.624. The molecule has 0 saturated heterocycles. The summed E-state index contributed by atoms with van der Waals surface area (Å²) in [5, 5.41) is 12.6. The highest BCUT2D eigenvalue weighted by Crippen LogP contribution is 2.30. The summed E-state index contributed by atoms with van der Waals surface area (Å²) >= 11 is 0. The van der Waals surface area contributed by atoms with E-state index in [-0.39, 0.29) is 5.91 Å². The number of ether oxygens (including phenoxy) is 2. The third-order valence-electron chi connectivity index (χ3n) is 3.03. The Hall–Kier alpha value is -1.75. The van der Waals surface area contributed by atoms with Crippen molar-refractivity contribution in [3.05, 3.63) is 23.8 Å². The molecule has 0 radical (unpaired) electrons. The van der Waals surface area contributed by atoms with E-state index in [1.54, 1.807) is 39.2 Å². The van der Waals surface area contributed by atoms with E-state index >= 15 is 0 Å². The largest absolute Gasteiger partial charge is 0.497 e. The van der Waals surface area contributed by atoms with Crippen LogP contribution in [-0.4, -0.2) is 30.8 Å². The molecule has 2 atom stereocenters. The molecule has 5 nitrogen and oxygen atoms in total. The molecule has 0 aliphatic carbocycles. The van der Waals surface area contributed by atoms with Gasteiger partial charge in [-0.3, -0.25) is 4.79 Å². The molecule has 2 N–H and O–H groups in total. The van der Waals surface area contributed by atoms with Crippen molar-refractivity contribution >= 4 is 5.91 Å². The second kappa shape index (κ2) is 7.88. The highest BCUT2D eigenvalue weighted by molar-refractivity contribution is 5.80. The molecule has 1 rings (SSSR count). The lowest BCUT2D eigenvalue weighted by atomic mass is 10.1. The molecule has 118 valence electrons. The third-order valence-corrected chi connectivity index (χ3v) is 3.03. The van der Waals surface area contributed by atoms with E-state index in [0.29, 0.717) is 29.5 Å². The number of aliphatic hydroxyl groups is 1. The summed E-state index contributed by atoms with van der Waals surface area (Å²) in [5.74, 6) is 1.27. The van der Waals surface area contributed by atoms with Crippen molar-refractivity contribution in [1.82, 2.24) is 5.32 Å². The average molecular weight is 295 g/mol. The average Bonchev–Trinajstić information content (AvgIpc) is 2.43. The van der Waals surface area contributed by atoms with Crippen LogP contribution >= 0.6 is 0 Å². The lowest BCUT2D eigenvalue weighted by molar-refractivity contribution is -0.127. The standard InChI is InChI=1S/C16H25NO4/c1-10(2)9-17-16(19)12(4)21-15-8-13(20-5)6-7-14(15)11(3)18/h6-8,10-12,18H,9H2,1-5H3,(H,17,19)/t11-,12?/m1/s1. The van der Waals surface area contributed by atoms with E-state index in [2.05, 4.69) is 5.32 Å². The zero-order valence-corrected chi connectivity index (χ0v) is 13.3. The molecular weight excluding hydrogens is 270 g/mol. The minimum Gasteiger partial charge on any atom is -0.497 e. The first-order valence-electron chi connectivity index (χ1n) is 7.15. The normalized spacial score (nSPS) is 13.7. The topological polar surface area (TPSA) is 67.8 Å². The lowest BCUT2D eigenvalue weighted by Crippen LogP contribution is -2.38. The smallest absolute Gasteiger partial charge is 0.260 e. The molecule has 0 saturated carbocycles. The number of hydrogen-bond donors (Lipinski definition) is 2. The van der Waals surface area contributed by atoms with Crippen LogP contribution in [0.2, 0.25) is 0 Å². The molecule has 0 fully saturated rings. The Morgan fingerprint density at radius 2 is 1.95 bits per heavy atom. The number of methoxy groups -OCH3 is 1. The molecule has 5 heteroatoms.